The third-order valence-electron chi connectivity index (χ3n) is 3.35. The number of hydrogen-bond acceptors (Lipinski definition) is 2. The molecule has 2 atom stereocenters. The van der Waals surface area contributed by atoms with E-state index in [1.54, 1.807) is 19.1 Å². The van der Waals surface area contributed by atoms with E-state index in [4.69, 9.17) is 5.73 Å². The van der Waals surface area contributed by atoms with Gasteiger partial charge < -0.3 is 10.6 Å². The maximum absolute atomic E-state index is 12.9. The molecule has 0 aromatic heterocycles. The molecular formula is C14H19FN2O. The molecule has 0 unspecified atom stereocenters. The molecule has 1 aromatic rings. The van der Waals surface area contributed by atoms with Crippen LogP contribution >= 0.6 is 0 Å². The molecule has 1 aromatic carbocycles. The number of benzene rings is 1. The van der Waals surface area contributed by atoms with Crippen LogP contribution in [0, 0.1) is 5.82 Å². The largest absolute Gasteiger partial charge is 0.332 e. The number of nitrogens with zero attached hydrogens (tertiary/aromatic N) is 1. The fraction of sp³-hybridized carbons (Fsp3) is 0.500. The van der Waals surface area contributed by atoms with Gasteiger partial charge in [0.1, 0.15) is 5.82 Å². The number of rotatable bonds is 4. The van der Waals surface area contributed by atoms with Crippen molar-refractivity contribution >= 4 is 5.91 Å². The van der Waals surface area contributed by atoms with Crippen molar-refractivity contribution in [2.45, 2.75) is 44.8 Å². The summed E-state index contributed by atoms with van der Waals surface area (Å²) in [5.74, 6) is -0.295. The van der Waals surface area contributed by atoms with Gasteiger partial charge in [0, 0.05) is 6.04 Å². The highest BCUT2D eigenvalue weighted by molar-refractivity contribution is 5.82. The van der Waals surface area contributed by atoms with E-state index in [1.165, 1.54) is 12.1 Å². The molecule has 0 bridgehead atoms. The zero-order chi connectivity index (χ0) is 13.3. The van der Waals surface area contributed by atoms with Crippen molar-refractivity contribution in [2.24, 2.45) is 5.73 Å². The summed E-state index contributed by atoms with van der Waals surface area (Å²) in [5, 5.41) is 0. The summed E-state index contributed by atoms with van der Waals surface area (Å²) in [5.41, 5.74) is 6.63. The molecule has 1 fully saturated rings. The highest BCUT2D eigenvalue weighted by atomic mass is 19.1. The molecular weight excluding hydrogens is 231 g/mol. The van der Waals surface area contributed by atoms with Gasteiger partial charge in [-0.2, -0.15) is 0 Å². The van der Waals surface area contributed by atoms with Gasteiger partial charge in [-0.1, -0.05) is 12.1 Å². The first kappa shape index (κ1) is 13.0. The summed E-state index contributed by atoms with van der Waals surface area (Å²) in [7, 11) is 0. The van der Waals surface area contributed by atoms with E-state index in [1.807, 2.05) is 11.8 Å². The van der Waals surface area contributed by atoms with Crippen molar-refractivity contribution in [2.75, 3.05) is 0 Å². The Bertz CT molecular complexity index is 426. The average Bonchev–Trinajstić information content (AvgIpc) is 3.14. The maximum Gasteiger partial charge on any atom is 0.239 e. The Hall–Kier alpha value is -1.42. The van der Waals surface area contributed by atoms with Crippen LogP contribution in [-0.2, 0) is 4.79 Å². The van der Waals surface area contributed by atoms with Crippen LogP contribution in [0.2, 0.25) is 0 Å². The Kier molecular flexibility index (Phi) is 3.66. The van der Waals surface area contributed by atoms with Gasteiger partial charge in [0.25, 0.3) is 0 Å². The Morgan fingerprint density at radius 2 is 1.89 bits per heavy atom. The summed E-state index contributed by atoms with van der Waals surface area (Å²) in [6, 6.07) is 6.04. The highest BCUT2D eigenvalue weighted by Crippen LogP contribution is 2.34. The van der Waals surface area contributed by atoms with Gasteiger partial charge in [-0.3, -0.25) is 4.79 Å². The standard InChI is InChI=1S/C14H19FN2O/c1-9(16)14(18)17(13-7-8-13)10(2)11-3-5-12(15)6-4-11/h3-6,9-10,13H,7-8,16H2,1-2H3/t9-,10+/m0/s1. The van der Waals surface area contributed by atoms with Crippen LogP contribution in [0.3, 0.4) is 0 Å². The smallest absolute Gasteiger partial charge is 0.239 e. The van der Waals surface area contributed by atoms with E-state index in [-0.39, 0.29) is 17.8 Å². The van der Waals surface area contributed by atoms with E-state index < -0.39 is 6.04 Å². The van der Waals surface area contributed by atoms with Crippen LogP contribution in [0.5, 0.6) is 0 Å². The van der Waals surface area contributed by atoms with Crippen molar-refractivity contribution in [1.82, 2.24) is 4.90 Å². The lowest BCUT2D eigenvalue weighted by atomic mass is 10.1. The highest BCUT2D eigenvalue weighted by Gasteiger charge is 2.37. The molecule has 1 amide bonds. The lowest BCUT2D eigenvalue weighted by Gasteiger charge is -2.31. The molecule has 4 heteroatoms. The minimum Gasteiger partial charge on any atom is -0.332 e. The summed E-state index contributed by atoms with van der Waals surface area (Å²) >= 11 is 0. The maximum atomic E-state index is 12.9. The predicted octanol–water partition coefficient (Wildman–Crippen LogP) is 2.22. The number of carbonyl (C=O) groups excluding carboxylic acids is 1. The minimum absolute atomic E-state index is 0.0330. The van der Waals surface area contributed by atoms with Gasteiger partial charge >= 0.3 is 0 Å². The van der Waals surface area contributed by atoms with Gasteiger partial charge in [0.15, 0.2) is 0 Å². The van der Waals surface area contributed by atoms with Crippen molar-refractivity contribution in [3.05, 3.63) is 35.6 Å². The van der Waals surface area contributed by atoms with Crippen LogP contribution in [0.15, 0.2) is 24.3 Å². The zero-order valence-electron chi connectivity index (χ0n) is 10.8. The van der Waals surface area contributed by atoms with Crippen molar-refractivity contribution in [3.8, 4) is 0 Å². The summed E-state index contributed by atoms with van der Waals surface area (Å²) in [4.78, 5) is 14.0. The van der Waals surface area contributed by atoms with E-state index in [9.17, 15) is 9.18 Å². The molecule has 1 aliphatic rings. The Labute approximate surface area is 107 Å². The first-order valence-corrected chi connectivity index (χ1v) is 6.34. The van der Waals surface area contributed by atoms with Gasteiger partial charge in [-0.05, 0) is 44.4 Å². The van der Waals surface area contributed by atoms with Gasteiger partial charge in [0.2, 0.25) is 5.91 Å². The molecule has 1 saturated carbocycles. The van der Waals surface area contributed by atoms with Crippen LogP contribution in [-0.4, -0.2) is 22.9 Å². The second-order valence-electron chi connectivity index (χ2n) is 4.99. The third-order valence-corrected chi connectivity index (χ3v) is 3.35. The van der Waals surface area contributed by atoms with Crippen LogP contribution in [0.4, 0.5) is 4.39 Å². The molecule has 0 spiro atoms. The number of halogens is 1. The predicted molar refractivity (Wildman–Crippen MR) is 68.3 cm³/mol. The van der Waals surface area contributed by atoms with Crippen molar-refractivity contribution < 1.29 is 9.18 Å². The third kappa shape index (κ3) is 2.70. The number of amides is 1. The first-order valence-electron chi connectivity index (χ1n) is 6.34. The summed E-state index contributed by atoms with van der Waals surface area (Å²) < 4.78 is 12.9. The first-order chi connectivity index (χ1) is 8.50. The number of nitrogens with two attached hydrogens (primary N) is 1. The average molecular weight is 250 g/mol. The quantitative estimate of drug-likeness (QED) is 0.890. The van der Waals surface area contributed by atoms with Gasteiger partial charge in [-0.15, -0.1) is 0 Å². The van der Waals surface area contributed by atoms with Crippen LogP contribution < -0.4 is 5.73 Å². The minimum atomic E-state index is -0.492. The topological polar surface area (TPSA) is 46.3 Å². The van der Waals surface area contributed by atoms with Crippen LogP contribution in [0.1, 0.15) is 38.3 Å². The van der Waals surface area contributed by atoms with Crippen LogP contribution in [0.25, 0.3) is 0 Å². The molecule has 0 aliphatic heterocycles. The molecule has 98 valence electrons. The second-order valence-corrected chi connectivity index (χ2v) is 4.99. The molecule has 3 nitrogen and oxygen atoms in total. The molecule has 0 radical (unpaired) electrons. The molecule has 1 aliphatic carbocycles. The Morgan fingerprint density at radius 1 is 1.33 bits per heavy atom. The Balaban J connectivity index is 2.20. The summed E-state index contributed by atoms with van der Waals surface area (Å²) in [6.45, 7) is 3.67. The zero-order valence-corrected chi connectivity index (χ0v) is 10.8. The summed E-state index contributed by atoms with van der Waals surface area (Å²) in [6.07, 6.45) is 2.06. The van der Waals surface area contributed by atoms with E-state index in [0.717, 1.165) is 18.4 Å². The molecule has 0 saturated heterocycles. The SMILES string of the molecule is C[C@H](N)C(=O)N(C1CC1)[C@H](C)c1ccc(F)cc1. The normalized spacial score (nSPS) is 18.2. The fourth-order valence-corrected chi connectivity index (χ4v) is 2.18. The van der Waals surface area contributed by atoms with Gasteiger partial charge in [0.05, 0.1) is 12.1 Å². The molecule has 18 heavy (non-hydrogen) atoms. The van der Waals surface area contributed by atoms with E-state index in [2.05, 4.69) is 0 Å². The fourth-order valence-electron chi connectivity index (χ4n) is 2.18. The Morgan fingerprint density at radius 3 is 2.33 bits per heavy atom. The second kappa shape index (κ2) is 5.06. The van der Waals surface area contributed by atoms with E-state index in [0.29, 0.717) is 6.04 Å². The molecule has 2 rings (SSSR count). The van der Waals surface area contributed by atoms with E-state index >= 15 is 0 Å². The van der Waals surface area contributed by atoms with Gasteiger partial charge in [-0.25, -0.2) is 4.39 Å². The monoisotopic (exact) mass is 250 g/mol. The lowest BCUT2D eigenvalue weighted by molar-refractivity contribution is -0.135. The number of hydrogen-bond donors (Lipinski definition) is 1. The lowest BCUT2D eigenvalue weighted by Crippen LogP contribution is -2.44. The molecule has 2 N–H and O–H groups in total. The number of carbonyl (C=O) groups is 1. The van der Waals surface area contributed by atoms with Crippen molar-refractivity contribution in [3.63, 3.8) is 0 Å². The molecule has 0 heterocycles. The van der Waals surface area contributed by atoms with Crippen molar-refractivity contribution in [1.29, 1.82) is 0 Å².